The number of rotatable bonds is 3. The molecule has 136 valence electrons. The van der Waals surface area contributed by atoms with E-state index >= 15 is 0 Å². The Balaban J connectivity index is 1.62. The maximum absolute atomic E-state index is 12.2. The summed E-state index contributed by atoms with van der Waals surface area (Å²) in [6.07, 6.45) is 0. The van der Waals surface area contributed by atoms with Crippen LogP contribution >= 0.6 is 39.7 Å². The minimum Gasteiger partial charge on any atom is -0.378 e. The average molecular weight is 455 g/mol. The lowest BCUT2D eigenvalue weighted by molar-refractivity contribution is 0.0977. The van der Waals surface area contributed by atoms with Crippen LogP contribution in [0.5, 0.6) is 0 Å². The van der Waals surface area contributed by atoms with Crippen LogP contribution in [0.15, 0.2) is 46.9 Å². The summed E-state index contributed by atoms with van der Waals surface area (Å²) in [4.78, 5) is 14.4. The Bertz CT molecular complexity index is 828. The van der Waals surface area contributed by atoms with Crippen LogP contribution in [0, 0.1) is 0 Å². The molecule has 3 rings (SSSR count). The van der Waals surface area contributed by atoms with Gasteiger partial charge < -0.3 is 15.0 Å². The summed E-state index contributed by atoms with van der Waals surface area (Å²) in [6, 6.07) is 12.7. The largest absolute Gasteiger partial charge is 0.378 e. The van der Waals surface area contributed by atoms with Crippen molar-refractivity contribution < 1.29 is 9.53 Å². The summed E-state index contributed by atoms with van der Waals surface area (Å²) in [5, 5.41) is 6.48. The van der Waals surface area contributed by atoms with E-state index < -0.39 is 0 Å². The van der Waals surface area contributed by atoms with Gasteiger partial charge in [0.25, 0.3) is 5.91 Å². The van der Waals surface area contributed by atoms with E-state index in [1.807, 2.05) is 18.2 Å². The quantitative estimate of drug-likeness (QED) is 0.685. The molecule has 1 aliphatic heterocycles. The highest BCUT2D eigenvalue weighted by Crippen LogP contribution is 2.29. The van der Waals surface area contributed by atoms with E-state index in [1.54, 1.807) is 24.3 Å². The minimum atomic E-state index is -0.278. The molecule has 2 aromatic carbocycles. The number of morpholine rings is 1. The maximum Gasteiger partial charge on any atom is 0.257 e. The highest BCUT2D eigenvalue weighted by atomic mass is 79.9. The SMILES string of the molecule is O=C(NC(=S)Nc1ccc(N2CCOCC2)c(Cl)c1)c1cccc(Br)c1. The van der Waals surface area contributed by atoms with Gasteiger partial charge in [-0.3, -0.25) is 10.1 Å². The topological polar surface area (TPSA) is 53.6 Å². The van der Waals surface area contributed by atoms with Crippen molar-refractivity contribution in [2.24, 2.45) is 0 Å². The number of carbonyl (C=O) groups excluding carboxylic acids is 1. The third-order valence-electron chi connectivity index (χ3n) is 3.87. The highest BCUT2D eigenvalue weighted by Gasteiger charge is 2.15. The lowest BCUT2D eigenvalue weighted by Gasteiger charge is -2.29. The fraction of sp³-hybridized carbons (Fsp3) is 0.222. The molecule has 1 heterocycles. The van der Waals surface area contributed by atoms with E-state index in [0.29, 0.717) is 29.5 Å². The first-order valence-electron chi connectivity index (χ1n) is 8.03. The van der Waals surface area contributed by atoms with Gasteiger partial charge in [0.15, 0.2) is 5.11 Å². The number of carbonyl (C=O) groups is 1. The molecule has 2 N–H and O–H groups in total. The molecule has 0 aromatic heterocycles. The van der Waals surface area contributed by atoms with Gasteiger partial charge in [-0.25, -0.2) is 0 Å². The average Bonchev–Trinajstić information content (AvgIpc) is 2.62. The normalized spacial score (nSPS) is 14.0. The number of anilines is 2. The molecule has 8 heteroatoms. The number of nitrogens with one attached hydrogen (secondary N) is 2. The third kappa shape index (κ3) is 4.94. The molecule has 1 aliphatic rings. The molecule has 26 heavy (non-hydrogen) atoms. The number of ether oxygens (including phenoxy) is 1. The maximum atomic E-state index is 12.2. The second kappa shape index (κ2) is 8.81. The molecule has 0 unspecified atom stereocenters. The smallest absolute Gasteiger partial charge is 0.257 e. The Morgan fingerprint density at radius 3 is 2.65 bits per heavy atom. The van der Waals surface area contributed by atoms with Crippen LogP contribution < -0.4 is 15.5 Å². The molecule has 1 saturated heterocycles. The molecule has 0 aliphatic carbocycles. The van der Waals surface area contributed by atoms with Crippen molar-refractivity contribution in [2.75, 3.05) is 36.5 Å². The molecular weight excluding hydrogens is 438 g/mol. The molecule has 1 fully saturated rings. The minimum absolute atomic E-state index is 0.213. The Kier molecular flexibility index (Phi) is 6.48. The van der Waals surface area contributed by atoms with Crippen LogP contribution in [0.1, 0.15) is 10.4 Å². The summed E-state index contributed by atoms with van der Waals surface area (Å²) >= 11 is 15.0. The second-order valence-corrected chi connectivity index (χ2v) is 7.42. The van der Waals surface area contributed by atoms with Crippen LogP contribution in [-0.2, 0) is 4.74 Å². The van der Waals surface area contributed by atoms with Crippen LogP contribution in [0.2, 0.25) is 5.02 Å². The third-order valence-corrected chi connectivity index (χ3v) is 4.87. The Morgan fingerprint density at radius 1 is 1.19 bits per heavy atom. The van der Waals surface area contributed by atoms with Crippen molar-refractivity contribution in [1.82, 2.24) is 5.32 Å². The predicted octanol–water partition coefficient (Wildman–Crippen LogP) is 4.07. The van der Waals surface area contributed by atoms with Crippen molar-refractivity contribution in [1.29, 1.82) is 0 Å². The van der Waals surface area contributed by atoms with E-state index in [4.69, 9.17) is 28.6 Å². The Morgan fingerprint density at radius 2 is 1.96 bits per heavy atom. The Hall–Kier alpha value is -1.67. The molecule has 0 spiro atoms. The number of thiocarbonyl (C=S) groups is 1. The molecule has 0 saturated carbocycles. The summed E-state index contributed by atoms with van der Waals surface area (Å²) in [6.45, 7) is 3.02. The van der Waals surface area contributed by atoms with Crippen molar-refractivity contribution in [3.05, 3.63) is 57.5 Å². The van der Waals surface area contributed by atoms with E-state index in [0.717, 1.165) is 23.2 Å². The molecular formula is C18H17BrClN3O2S. The first-order valence-corrected chi connectivity index (χ1v) is 9.61. The van der Waals surface area contributed by atoms with Crippen LogP contribution in [-0.4, -0.2) is 37.3 Å². The lowest BCUT2D eigenvalue weighted by atomic mass is 10.2. The number of halogens is 2. The lowest BCUT2D eigenvalue weighted by Crippen LogP contribution is -2.36. The number of amides is 1. The number of benzene rings is 2. The number of nitrogens with zero attached hydrogens (tertiary/aromatic N) is 1. The van der Waals surface area contributed by atoms with E-state index in [1.165, 1.54) is 0 Å². The molecule has 0 bridgehead atoms. The zero-order chi connectivity index (χ0) is 18.5. The first kappa shape index (κ1) is 19.1. The summed E-state index contributed by atoms with van der Waals surface area (Å²) in [7, 11) is 0. The van der Waals surface area contributed by atoms with Crippen LogP contribution in [0.3, 0.4) is 0 Å². The van der Waals surface area contributed by atoms with E-state index in [-0.39, 0.29) is 11.0 Å². The summed E-state index contributed by atoms with van der Waals surface area (Å²) in [5.74, 6) is -0.278. The molecule has 0 atom stereocenters. The molecule has 2 aromatic rings. The molecule has 5 nitrogen and oxygen atoms in total. The van der Waals surface area contributed by atoms with Crippen molar-refractivity contribution in [3.63, 3.8) is 0 Å². The summed E-state index contributed by atoms with van der Waals surface area (Å²) in [5.41, 5.74) is 2.19. The molecule has 1 amide bonds. The van der Waals surface area contributed by atoms with Crippen LogP contribution in [0.4, 0.5) is 11.4 Å². The van der Waals surface area contributed by atoms with Crippen LogP contribution in [0.25, 0.3) is 0 Å². The Labute approximate surface area is 170 Å². The van der Waals surface area contributed by atoms with Gasteiger partial charge in [0.05, 0.1) is 23.9 Å². The van der Waals surface area contributed by atoms with Gasteiger partial charge in [0.2, 0.25) is 0 Å². The summed E-state index contributed by atoms with van der Waals surface area (Å²) < 4.78 is 6.19. The monoisotopic (exact) mass is 453 g/mol. The predicted molar refractivity (Wildman–Crippen MR) is 112 cm³/mol. The molecule has 0 radical (unpaired) electrons. The zero-order valence-electron chi connectivity index (χ0n) is 13.8. The van der Waals surface area contributed by atoms with E-state index in [9.17, 15) is 4.79 Å². The zero-order valence-corrected chi connectivity index (χ0v) is 17.0. The van der Waals surface area contributed by atoms with Gasteiger partial charge in [-0.2, -0.15) is 0 Å². The standard InChI is InChI=1S/C18H17BrClN3O2S/c19-13-3-1-2-12(10-13)17(24)22-18(26)21-14-4-5-16(15(20)11-14)23-6-8-25-9-7-23/h1-5,10-11H,6-9H2,(H2,21,22,24,26). The highest BCUT2D eigenvalue weighted by molar-refractivity contribution is 9.10. The van der Waals surface area contributed by atoms with Gasteiger partial charge in [-0.15, -0.1) is 0 Å². The van der Waals surface area contributed by atoms with Crippen molar-refractivity contribution in [2.45, 2.75) is 0 Å². The first-order chi connectivity index (χ1) is 12.5. The van der Waals surface area contributed by atoms with Crippen molar-refractivity contribution in [3.8, 4) is 0 Å². The van der Waals surface area contributed by atoms with Gasteiger partial charge in [-0.05, 0) is 48.6 Å². The van der Waals surface area contributed by atoms with Gasteiger partial charge >= 0.3 is 0 Å². The van der Waals surface area contributed by atoms with Gasteiger partial charge in [0, 0.05) is 28.8 Å². The van der Waals surface area contributed by atoms with Gasteiger partial charge in [0.1, 0.15) is 0 Å². The van der Waals surface area contributed by atoms with Gasteiger partial charge in [-0.1, -0.05) is 33.6 Å². The van der Waals surface area contributed by atoms with E-state index in [2.05, 4.69) is 31.5 Å². The second-order valence-electron chi connectivity index (χ2n) is 5.68. The fourth-order valence-corrected chi connectivity index (χ4v) is 3.52. The number of hydrogen-bond acceptors (Lipinski definition) is 4. The number of hydrogen-bond donors (Lipinski definition) is 2. The van der Waals surface area contributed by atoms with Crippen molar-refractivity contribution >= 4 is 62.1 Å². The fourth-order valence-electron chi connectivity index (χ4n) is 2.61.